The molecular formula is C14H20ClN5O2. The van der Waals surface area contributed by atoms with E-state index in [1.807, 2.05) is 7.05 Å². The number of amides is 1. The molecule has 0 bridgehead atoms. The van der Waals surface area contributed by atoms with Crippen LogP contribution in [0.25, 0.3) is 11.5 Å². The Morgan fingerprint density at radius 1 is 1.59 bits per heavy atom. The molecule has 0 spiro atoms. The highest BCUT2D eigenvalue weighted by Crippen LogP contribution is 2.20. The summed E-state index contributed by atoms with van der Waals surface area (Å²) < 4.78 is 7.23. The van der Waals surface area contributed by atoms with E-state index in [1.165, 1.54) is 0 Å². The molecular weight excluding hydrogens is 306 g/mol. The third-order valence-corrected chi connectivity index (χ3v) is 3.63. The maximum atomic E-state index is 12.2. The van der Waals surface area contributed by atoms with Gasteiger partial charge in [-0.1, -0.05) is 0 Å². The van der Waals surface area contributed by atoms with E-state index in [9.17, 15) is 4.79 Å². The van der Waals surface area contributed by atoms with Gasteiger partial charge in [0.1, 0.15) is 5.76 Å². The van der Waals surface area contributed by atoms with E-state index in [-0.39, 0.29) is 18.3 Å². The molecule has 22 heavy (non-hydrogen) atoms. The smallest absolute Gasteiger partial charge is 0.273 e. The van der Waals surface area contributed by atoms with Crippen molar-refractivity contribution in [1.29, 1.82) is 0 Å². The van der Waals surface area contributed by atoms with Crippen molar-refractivity contribution in [3.05, 3.63) is 23.8 Å². The highest BCUT2D eigenvalue weighted by Gasteiger charge is 2.20. The fourth-order valence-electron chi connectivity index (χ4n) is 2.49. The number of carbonyl (C=O) groups excluding carboxylic acids is 1. The summed E-state index contributed by atoms with van der Waals surface area (Å²) in [6, 6.07) is 0.360. The monoisotopic (exact) mass is 325 g/mol. The second-order valence-electron chi connectivity index (χ2n) is 5.33. The molecule has 3 rings (SSSR count). The minimum atomic E-state index is -0.194. The van der Waals surface area contributed by atoms with Crippen LogP contribution >= 0.6 is 12.4 Å². The summed E-state index contributed by atoms with van der Waals surface area (Å²) in [4.78, 5) is 16.5. The number of halogens is 1. The molecule has 1 atom stereocenters. The Kier molecular flexibility index (Phi) is 5.20. The fourth-order valence-corrected chi connectivity index (χ4v) is 2.49. The molecule has 1 saturated heterocycles. The second-order valence-corrected chi connectivity index (χ2v) is 5.33. The normalized spacial score (nSPS) is 17.3. The molecule has 0 radical (unpaired) electrons. The molecule has 0 saturated carbocycles. The van der Waals surface area contributed by atoms with Crippen LogP contribution in [-0.2, 0) is 7.05 Å². The average Bonchev–Trinajstić information content (AvgIpc) is 3.16. The van der Waals surface area contributed by atoms with Gasteiger partial charge in [-0.2, -0.15) is 5.10 Å². The predicted molar refractivity (Wildman–Crippen MR) is 84.0 cm³/mol. The van der Waals surface area contributed by atoms with Gasteiger partial charge >= 0.3 is 0 Å². The highest BCUT2D eigenvalue weighted by atomic mass is 35.5. The molecule has 3 heterocycles. The molecule has 1 unspecified atom stereocenters. The van der Waals surface area contributed by atoms with Gasteiger partial charge in [0.15, 0.2) is 5.69 Å². The first-order chi connectivity index (χ1) is 10.1. The van der Waals surface area contributed by atoms with E-state index in [1.54, 1.807) is 24.0 Å². The Labute approximate surface area is 134 Å². The summed E-state index contributed by atoms with van der Waals surface area (Å²) in [6.45, 7) is 3.39. The van der Waals surface area contributed by atoms with Crippen molar-refractivity contribution in [3.8, 4) is 11.5 Å². The fraction of sp³-hybridized carbons (Fsp3) is 0.500. The summed E-state index contributed by atoms with van der Waals surface area (Å²) >= 11 is 0. The van der Waals surface area contributed by atoms with Crippen LogP contribution in [0.15, 0.2) is 16.8 Å². The Hall–Kier alpha value is -1.86. The van der Waals surface area contributed by atoms with Crippen LogP contribution in [0.3, 0.4) is 0 Å². The van der Waals surface area contributed by atoms with Crippen molar-refractivity contribution in [2.24, 2.45) is 7.05 Å². The molecule has 1 aliphatic rings. The van der Waals surface area contributed by atoms with Crippen LogP contribution in [-0.4, -0.2) is 39.8 Å². The molecule has 0 aliphatic carbocycles. The molecule has 2 N–H and O–H groups in total. The molecule has 7 nitrogen and oxygen atoms in total. The Bertz CT molecular complexity index is 645. The number of hydrogen-bond acceptors (Lipinski definition) is 5. The van der Waals surface area contributed by atoms with Crippen molar-refractivity contribution in [3.63, 3.8) is 0 Å². The van der Waals surface area contributed by atoms with Gasteiger partial charge in [-0.25, -0.2) is 4.98 Å². The highest BCUT2D eigenvalue weighted by molar-refractivity contribution is 5.93. The number of aryl methyl sites for hydroxylation is 2. The van der Waals surface area contributed by atoms with Crippen LogP contribution < -0.4 is 10.6 Å². The first kappa shape index (κ1) is 16.5. The number of hydrogen-bond donors (Lipinski definition) is 2. The van der Waals surface area contributed by atoms with Crippen LogP contribution in [0, 0.1) is 6.92 Å². The molecule has 2 aromatic rings. The lowest BCUT2D eigenvalue weighted by atomic mass is 10.2. The van der Waals surface area contributed by atoms with Crippen LogP contribution in [0.5, 0.6) is 0 Å². The van der Waals surface area contributed by atoms with Crippen molar-refractivity contribution in [2.45, 2.75) is 25.8 Å². The Balaban J connectivity index is 0.00000176. The second kappa shape index (κ2) is 6.93. The summed E-state index contributed by atoms with van der Waals surface area (Å²) in [5.74, 6) is 0.746. The molecule has 2 aromatic heterocycles. The molecule has 8 heteroatoms. The Morgan fingerprint density at radius 3 is 3.05 bits per heavy atom. The largest absolute Gasteiger partial charge is 0.440 e. The zero-order valence-electron chi connectivity index (χ0n) is 12.6. The van der Waals surface area contributed by atoms with Gasteiger partial charge in [-0.05, 0) is 26.3 Å². The third-order valence-electron chi connectivity index (χ3n) is 3.63. The van der Waals surface area contributed by atoms with Crippen LogP contribution in [0.4, 0.5) is 0 Å². The molecule has 1 aliphatic heterocycles. The van der Waals surface area contributed by atoms with Gasteiger partial charge in [-0.3, -0.25) is 9.48 Å². The van der Waals surface area contributed by atoms with Gasteiger partial charge in [-0.15, -0.1) is 12.4 Å². The third kappa shape index (κ3) is 3.48. The van der Waals surface area contributed by atoms with E-state index in [0.29, 0.717) is 29.9 Å². The molecule has 120 valence electrons. The predicted octanol–water partition coefficient (Wildman–Crippen LogP) is 1.29. The standard InChI is InChI=1S/C14H19N5O2.ClH/c1-9-12(13(20)16-7-11-4-3-5-15-11)18-14(21-9)10-6-17-19(2)8-10;/h6,8,11,15H,3-5,7H2,1-2H3,(H,16,20);1H. The lowest BCUT2D eigenvalue weighted by molar-refractivity contribution is 0.0944. The zero-order chi connectivity index (χ0) is 14.8. The van der Waals surface area contributed by atoms with E-state index in [4.69, 9.17) is 4.42 Å². The van der Waals surface area contributed by atoms with Crippen molar-refractivity contribution in [1.82, 2.24) is 25.4 Å². The van der Waals surface area contributed by atoms with E-state index in [2.05, 4.69) is 20.7 Å². The summed E-state index contributed by atoms with van der Waals surface area (Å²) in [5.41, 5.74) is 1.10. The minimum absolute atomic E-state index is 0. The van der Waals surface area contributed by atoms with Crippen molar-refractivity contribution in [2.75, 3.05) is 13.1 Å². The number of nitrogens with one attached hydrogen (secondary N) is 2. The van der Waals surface area contributed by atoms with Gasteiger partial charge in [0.25, 0.3) is 5.91 Å². The van der Waals surface area contributed by atoms with Crippen molar-refractivity contribution < 1.29 is 9.21 Å². The van der Waals surface area contributed by atoms with Crippen molar-refractivity contribution >= 4 is 18.3 Å². The van der Waals surface area contributed by atoms with Gasteiger partial charge in [0.2, 0.25) is 5.89 Å². The first-order valence-electron chi connectivity index (χ1n) is 7.11. The summed E-state index contributed by atoms with van der Waals surface area (Å²) in [7, 11) is 1.82. The SMILES string of the molecule is Cc1oc(-c2cnn(C)c2)nc1C(=O)NCC1CCCN1.Cl. The van der Waals surface area contributed by atoms with Gasteiger partial charge in [0.05, 0.1) is 11.8 Å². The molecule has 0 aromatic carbocycles. The van der Waals surface area contributed by atoms with Crippen LogP contribution in [0.1, 0.15) is 29.1 Å². The quantitative estimate of drug-likeness (QED) is 0.884. The van der Waals surface area contributed by atoms with Gasteiger partial charge in [0, 0.05) is 25.8 Å². The maximum Gasteiger partial charge on any atom is 0.273 e. The topological polar surface area (TPSA) is 85.0 Å². The lowest BCUT2D eigenvalue weighted by Crippen LogP contribution is -2.37. The van der Waals surface area contributed by atoms with Gasteiger partial charge < -0.3 is 15.1 Å². The number of nitrogens with zero attached hydrogens (tertiary/aromatic N) is 3. The van der Waals surface area contributed by atoms with E-state index >= 15 is 0 Å². The van der Waals surface area contributed by atoms with E-state index in [0.717, 1.165) is 24.9 Å². The summed E-state index contributed by atoms with van der Waals surface area (Å²) in [6.07, 6.45) is 5.72. The maximum absolute atomic E-state index is 12.2. The average molecular weight is 326 g/mol. The minimum Gasteiger partial charge on any atom is -0.440 e. The number of carbonyl (C=O) groups is 1. The number of oxazole rings is 1. The van der Waals surface area contributed by atoms with Crippen LogP contribution in [0.2, 0.25) is 0 Å². The zero-order valence-corrected chi connectivity index (χ0v) is 13.4. The molecule has 1 amide bonds. The number of rotatable bonds is 4. The molecule has 1 fully saturated rings. The number of aromatic nitrogens is 3. The Morgan fingerprint density at radius 2 is 2.41 bits per heavy atom. The van der Waals surface area contributed by atoms with E-state index < -0.39 is 0 Å². The summed E-state index contributed by atoms with van der Waals surface area (Å²) in [5, 5.41) is 10.3. The lowest BCUT2D eigenvalue weighted by Gasteiger charge is -2.10. The first-order valence-corrected chi connectivity index (χ1v) is 7.11.